The molecule has 2 aromatic heterocycles. The van der Waals surface area contributed by atoms with Crippen molar-refractivity contribution in [2.75, 3.05) is 0 Å². The van der Waals surface area contributed by atoms with E-state index in [0.717, 1.165) is 0 Å². The second-order valence-corrected chi connectivity index (χ2v) is 15.9. The van der Waals surface area contributed by atoms with Gasteiger partial charge in [-0.05, 0) is 86.6 Å². The zero-order valence-electron chi connectivity index (χ0n) is 29.6. The van der Waals surface area contributed by atoms with Crippen LogP contribution in [0.2, 0.25) is 15.1 Å². The van der Waals surface area contributed by atoms with E-state index in [1.54, 1.807) is 13.8 Å². The van der Waals surface area contributed by atoms with Crippen molar-refractivity contribution in [2.45, 2.75) is 23.6 Å². The van der Waals surface area contributed by atoms with Crippen molar-refractivity contribution < 1.29 is 79.1 Å². The molecule has 57 heavy (non-hydrogen) atoms. The van der Waals surface area contributed by atoms with E-state index in [1.165, 1.54) is 88.2 Å². The van der Waals surface area contributed by atoms with Crippen molar-refractivity contribution in [1.82, 2.24) is 19.6 Å². The fourth-order valence-electron chi connectivity index (χ4n) is 4.67. The minimum absolute atomic E-state index is 0. The van der Waals surface area contributed by atoms with E-state index in [2.05, 4.69) is 35.8 Å². The first-order chi connectivity index (χ1) is 25.7. The maximum Gasteiger partial charge on any atom is 1.00 e. The van der Waals surface area contributed by atoms with Gasteiger partial charge in [0.15, 0.2) is 17.1 Å². The van der Waals surface area contributed by atoms with Crippen LogP contribution < -0.4 is 56.1 Å². The molecule has 0 saturated heterocycles. The first-order valence-corrected chi connectivity index (χ1v) is 19.5. The fraction of sp³-hybridized carbons (Fsp3) is 0.0625. The first kappa shape index (κ1) is 47.3. The molecule has 0 spiro atoms. The molecule has 0 saturated carbocycles. The van der Waals surface area contributed by atoms with Gasteiger partial charge >= 0.3 is 39.6 Å². The van der Waals surface area contributed by atoms with Crippen molar-refractivity contribution in [1.29, 1.82) is 0 Å². The van der Waals surface area contributed by atoms with Gasteiger partial charge in [-0.2, -0.15) is 13.5 Å². The number of quaternary nitrogens is 1. The number of nitrogens with two attached hydrogens (primary N) is 1. The number of phenolic OH excluding ortho intramolecular Hbond substituents is 1. The SMILES string of the molecule is Cc1[nH]n(-c2ccc(S(N)(=O)=O)cc2)c(=O)c1N=Nc1cc(Cl)ccc1[O-].Cc1[nH]n(-c2ccc(S([NH3+])(=O)=O)cc2)c(=O)c1N=Nc1cc(Cl)cc(Cl)c1O.[Cr].[Na+]. The molecule has 0 unspecified atom stereocenters. The molecule has 2 heterocycles. The topological polar surface area (TPSA) is 290 Å². The number of aromatic nitrogens is 4. The van der Waals surface area contributed by atoms with Crippen molar-refractivity contribution >= 4 is 77.6 Å². The average Bonchev–Trinajstić information content (AvgIpc) is 3.57. The molecule has 292 valence electrons. The van der Waals surface area contributed by atoms with Crippen molar-refractivity contribution in [3.63, 3.8) is 0 Å². The number of sulfonamides is 2. The van der Waals surface area contributed by atoms with Crippen LogP contribution in [0.1, 0.15) is 11.4 Å². The Bertz CT molecular complexity index is 2850. The number of hydrogen-bond donors (Lipinski definition) is 5. The Balaban J connectivity index is 0.000000295. The number of azo groups is 2. The quantitative estimate of drug-likeness (QED) is 0.111. The maximum atomic E-state index is 12.6. The largest absolute Gasteiger partial charge is 1.00 e. The van der Waals surface area contributed by atoms with Gasteiger partial charge in [0.05, 0.1) is 38.4 Å². The standard InChI is InChI=1S/C16H13Cl2N5O4S.C16H14ClN5O4S.Cr.Na/c1-8-14(21-20-13-7-9(17)6-12(18)15(13)24)16(25)23(22-8)10-2-4-11(5-3-10)28(19,26)27;1-9-15(20-19-13-8-10(17)2-7-14(13)23)16(24)22(21-9)11-3-5-12(6-4-11)27(18,25)26;;/h2-7,22,24H,1H3,(H2,19,26,27);2-8,21,23H,1H3,(H2,18,25,26);;/q;;;+1. The second kappa shape index (κ2) is 19.1. The van der Waals surface area contributed by atoms with Crippen LogP contribution in [0.5, 0.6) is 11.5 Å². The zero-order valence-corrected chi connectivity index (χ0v) is 36.8. The average molecular weight is 925 g/mol. The molecule has 0 bridgehead atoms. The van der Waals surface area contributed by atoms with Gasteiger partial charge < -0.3 is 10.2 Å². The van der Waals surface area contributed by atoms with Gasteiger partial charge in [-0.3, -0.25) is 19.8 Å². The number of benzene rings is 4. The van der Waals surface area contributed by atoms with E-state index in [0.29, 0.717) is 27.8 Å². The second-order valence-electron chi connectivity index (χ2n) is 11.4. The number of nitrogens with one attached hydrogen (secondary N) is 2. The summed E-state index contributed by atoms with van der Waals surface area (Å²) in [6.45, 7) is 3.23. The van der Waals surface area contributed by atoms with Gasteiger partial charge in [-0.15, -0.1) is 15.3 Å². The Hall–Kier alpha value is -4.08. The van der Waals surface area contributed by atoms with Crippen LogP contribution in [-0.2, 0) is 37.4 Å². The third kappa shape index (κ3) is 11.3. The summed E-state index contributed by atoms with van der Waals surface area (Å²) in [7, 11) is -7.42. The van der Waals surface area contributed by atoms with Crippen LogP contribution in [-0.4, -0.2) is 41.5 Å². The van der Waals surface area contributed by atoms with Crippen LogP contribution in [0.25, 0.3) is 11.4 Å². The summed E-state index contributed by atoms with van der Waals surface area (Å²) in [5.74, 6) is -0.691. The minimum Gasteiger partial charge on any atom is -0.871 e. The number of aryl methyl sites for hydroxylation is 2. The number of phenols is 1. The molecule has 0 aliphatic rings. The van der Waals surface area contributed by atoms with E-state index in [1.807, 2.05) is 0 Å². The molecule has 6 rings (SSSR count). The van der Waals surface area contributed by atoms with E-state index < -0.39 is 31.2 Å². The Morgan fingerprint density at radius 3 is 1.60 bits per heavy atom. The van der Waals surface area contributed by atoms with Crippen LogP contribution in [0, 0.1) is 13.8 Å². The number of H-pyrrole nitrogens is 2. The van der Waals surface area contributed by atoms with Crippen molar-refractivity contribution in [3.05, 3.63) is 126 Å². The van der Waals surface area contributed by atoms with Crippen LogP contribution in [0.4, 0.5) is 22.7 Å². The van der Waals surface area contributed by atoms with Crippen LogP contribution in [0.15, 0.2) is 119 Å². The number of aromatic hydroxyl groups is 1. The van der Waals surface area contributed by atoms with E-state index in [9.17, 15) is 36.6 Å². The summed E-state index contributed by atoms with van der Waals surface area (Å²) in [6.07, 6.45) is 0. The third-order valence-electron chi connectivity index (χ3n) is 7.40. The van der Waals surface area contributed by atoms with Crippen LogP contribution in [0.3, 0.4) is 0 Å². The molecule has 0 fully saturated rings. The van der Waals surface area contributed by atoms with E-state index in [-0.39, 0.29) is 101 Å². The van der Waals surface area contributed by atoms with Gasteiger partial charge in [0.2, 0.25) is 10.0 Å². The Morgan fingerprint density at radius 1 is 0.702 bits per heavy atom. The zero-order chi connectivity index (χ0) is 40.4. The molecule has 18 nitrogen and oxygen atoms in total. The number of aromatic amines is 2. The number of hydrogen-bond acceptors (Lipinski definition) is 12. The number of nitrogens with zero attached hydrogens (tertiary/aromatic N) is 6. The molecule has 0 atom stereocenters. The molecule has 0 amide bonds. The molecule has 6 aromatic rings. The van der Waals surface area contributed by atoms with Crippen molar-refractivity contribution in [3.8, 4) is 22.9 Å². The Morgan fingerprint density at radius 2 is 1.14 bits per heavy atom. The first-order valence-electron chi connectivity index (χ1n) is 15.2. The molecule has 8 N–H and O–H groups in total. The van der Waals surface area contributed by atoms with Gasteiger partial charge in [-0.25, -0.2) is 28.1 Å². The summed E-state index contributed by atoms with van der Waals surface area (Å²) in [6, 6.07) is 17.7. The normalized spacial score (nSPS) is 11.6. The summed E-state index contributed by atoms with van der Waals surface area (Å²) >= 11 is 17.5. The van der Waals surface area contributed by atoms with Gasteiger partial charge in [-0.1, -0.05) is 46.6 Å². The number of halogens is 3. The maximum absolute atomic E-state index is 12.6. The van der Waals surface area contributed by atoms with Crippen molar-refractivity contribution in [2.24, 2.45) is 25.6 Å². The summed E-state index contributed by atoms with van der Waals surface area (Å²) in [4.78, 5) is 25.2. The summed E-state index contributed by atoms with van der Waals surface area (Å²) in [5.41, 5.74) is 0.590. The third-order valence-corrected chi connectivity index (χ3v) is 10.1. The Kier molecular flexibility index (Phi) is 15.9. The molecular formula is C32H27Cl3CrN10NaO8S2+. The molecule has 0 aliphatic carbocycles. The minimum atomic E-state index is -3.83. The predicted molar refractivity (Wildman–Crippen MR) is 201 cm³/mol. The van der Waals surface area contributed by atoms with Crippen LogP contribution >= 0.6 is 34.8 Å². The van der Waals surface area contributed by atoms with Gasteiger partial charge in [0, 0.05) is 27.4 Å². The Labute approximate surface area is 371 Å². The molecule has 4 aromatic carbocycles. The predicted octanol–water partition coefficient (Wildman–Crippen LogP) is 2.10. The van der Waals surface area contributed by atoms with Gasteiger partial charge in [0.25, 0.3) is 11.1 Å². The monoisotopic (exact) mass is 923 g/mol. The summed E-state index contributed by atoms with van der Waals surface area (Å²) < 4.78 is 47.9. The molecule has 25 heteroatoms. The molecule has 0 radical (unpaired) electrons. The smallest absolute Gasteiger partial charge is 0.871 e. The van der Waals surface area contributed by atoms with E-state index >= 15 is 0 Å². The number of rotatable bonds is 8. The van der Waals surface area contributed by atoms with Gasteiger partial charge in [0.1, 0.15) is 10.6 Å². The molecule has 0 aliphatic heterocycles. The fourth-order valence-corrected chi connectivity index (χ4v) is 6.38. The number of primary sulfonamides is 1. The van der Waals surface area contributed by atoms with E-state index in [4.69, 9.17) is 39.9 Å². The molecular weight excluding hydrogens is 898 g/mol. The summed E-state index contributed by atoms with van der Waals surface area (Å²) in [5, 5.41) is 51.5.